The van der Waals surface area contributed by atoms with Crippen molar-refractivity contribution >= 4 is 11.5 Å². The minimum atomic E-state index is -0.356. The average molecular weight is 217 g/mol. The number of benzene rings is 1. The number of hydrogen-bond donors (Lipinski definition) is 1. The fourth-order valence-corrected chi connectivity index (χ4v) is 2.19. The Labute approximate surface area is 94.9 Å². The van der Waals surface area contributed by atoms with E-state index in [4.69, 9.17) is 10.1 Å². The molecule has 0 radical (unpaired) electrons. The second-order valence-corrected chi connectivity index (χ2v) is 4.24. The molecule has 1 aliphatic rings. The maximum atomic E-state index is 11.9. The van der Waals surface area contributed by atoms with Crippen LogP contribution in [0, 0.1) is 11.3 Å². The molecule has 3 heteroatoms. The molecule has 1 aromatic carbocycles. The zero-order chi connectivity index (χ0) is 11.7. The summed E-state index contributed by atoms with van der Waals surface area (Å²) in [6.45, 7) is 1.89. The largest absolute Gasteiger partial charge is 0.497 e. The van der Waals surface area contributed by atoms with Gasteiger partial charge in [0.1, 0.15) is 11.5 Å². The van der Waals surface area contributed by atoms with E-state index < -0.39 is 0 Å². The predicted octanol–water partition coefficient (Wildman–Crippen LogP) is 2.41. The van der Waals surface area contributed by atoms with Crippen LogP contribution < -0.4 is 4.74 Å². The number of hydrogen-bond acceptors (Lipinski definition) is 3. The first kappa shape index (κ1) is 10.9. The lowest BCUT2D eigenvalue weighted by Gasteiger charge is -2.10. The number of carbonyl (C=O) groups excluding carboxylic acids is 1. The van der Waals surface area contributed by atoms with Gasteiger partial charge in [-0.05, 0) is 24.1 Å². The smallest absolute Gasteiger partial charge is 0.149 e. The van der Waals surface area contributed by atoms with E-state index in [-0.39, 0.29) is 17.6 Å². The third-order valence-electron chi connectivity index (χ3n) is 3.07. The highest BCUT2D eigenvalue weighted by atomic mass is 16.5. The van der Waals surface area contributed by atoms with Gasteiger partial charge in [0.15, 0.2) is 0 Å². The van der Waals surface area contributed by atoms with Crippen LogP contribution in [0.1, 0.15) is 24.8 Å². The van der Waals surface area contributed by atoms with Crippen molar-refractivity contribution in [1.82, 2.24) is 0 Å². The first-order valence-corrected chi connectivity index (χ1v) is 5.38. The molecule has 2 atom stereocenters. The Kier molecular flexibility index (Phi) is 2.77. The number of rotatable bonds is 2. The lowest BCUT2D eigenvalue weighted by molar-refractivity contribution is -0.121. The number of ether oxygens (including phenoxy) is 1. The summed E-state index contributed by atoms with van der Waals surface area (Å²) in [6.07, 6.45) is 0.584. The van der Waals surface area contributed by atoms with E-state index in [0.717, 1.165) is 11.3 Å². The lowest BCUT2D eigenvalue weighted by atomic mass is 9.94. The van der Waals surface area contributed by atoms with Crippen molar-refractivity contribution in [3.63, 3.8) is 0 Å². The molecule has 16 heavy (non-hydrogen) atoms. The molecule has 2 unspecified atom stereocenters. The Morgan fingerprint density at radius 1 is 1.44 bits per heavy atom. The third kappa shape index (κ3) is 1.73. The number of methoxy groups -OCH3 is 1. The highest BCUT2D eigenvalue weighted by Crippen LogP contribution is 2.33. The zero-order valence-electron chi connectivity index (χ0n) is 9.49. The van der Waals surface area contributed by atoms with Crippen LogP contribution >= 0.6 is 0 Å². The highest BCUT2D eigenvalue weighted by Gasteiger charge is 2.36. The summed E-state index contributed by atoms with van der Waals surface area (Å²) in [5.41, 5.74) is 1.39. The Morgan fingerprint density at radius 2 is 2.19 bits per heavy atom. The highest BCUT2D eigenvalue weighted by molar-refractivity contribution is 6.15. The molecule has 0 aliphatic heterocycles. The van der Waals surface area contributed by atoms with Crippen molar-refractivity contribution in [1.29, 1.82) is 5.41 Å². The zero-order valence-corrected chi connectivity index (χ0v) is 9.49. The minimum Gasteiger partial charge on any atom is -0.497 e. The van der Waals surface area contributed by atoms with E-state index in [9.17, 15) is 4.79 Å². The minimum absolute atomic E-state index is 0.0244. The Morgan fingerprint density at radius 3 is 2.75 bits per heavy atom. The Balaban J connectivity index is 2.36. The van der Waals surface area contributed by atoms with Crippen LogP contribution in [0.3, 0.4) is 0 Å². The molecule has 1 aromatic rings. The Bertz CT molecular complexity index is 439. The van der Waals surface area contributed by atoms with Crippen LogP contribution in [0.5, 0.6) is 5.75 Å². The normalized spacial score (nSPS) is 24.9. The van der Waals surface area contributed by atoms with Gasteiger partial charge < -0.3 is 10.1 Å². The van der Waals surface area contributed by atoms with Gasteiger partial charge in [-0.25, -0.2) is 0 Å². The van der Waals surface area contributed by atoms with Gasteiger partial charge in [-0.15, -0.1) is 0 Å². The number of Topliss-reactive ketones (excluding diaryl/α,β-unsaturated/α-hetero) is 1. The lowest BCUT2D eigenvalue weighted by Crippen LogP contribution is -2.13. The summed E-state index contributed by atoms with van der Waals surface area (Å²) in [5, 5.41) is 7.87. The van der Waals surface area contributed by atoms with E-state index in [2.05, 4.69) is 0 Å². The molecule has 0 bridgehead atoms. The average Bonchev–Trinajstić information content (AvgIpc) is 2.53. The fourth-order valence-electron chi connectivity index (χ4n) is 2.19. The predicted molar refractivity (Wildman–Crippen MR) is 62.2 cm³/mol. The maximum Gasteiger partial charge on any atom is 0.149 e. The van der Waals surface area contributed by atoms with E-state index in [0.29, 0.717) is 12.1 Å². The van der Waals surface area contributed by atoms with Crippen molar-refractivity contribution in [3.8, 4) is 5.75 Å². The standard InChI is InChI=1S/C13H15NO2/c1-8-6-11(14)12(13(8)15)9-4-3-5-10(7-9)16-2/h3-5,7-8,12,14H,6H2,1-2H3. The van der Waals surface area contributed by atoms with Crippen molar-refractivity contribution in [2.45, 2.75) is 19.3 Å². The molecule has 1 aliphatic carbocycles. The number of nitrogens with one attached hydrogen (secondary N) is 1. The molecule has 1 saturated carbocycles. The first-order valence-electron chi connectivity index (χ1n) is 5.38. The summed E-state index contributed by atoms with van der Waals surface area (Å²) in [5.74, 6) is 0.504. The first-order chi connectivity index (χ1) is 7.63. The summed E-state index contributed by atoms with van der Waals surface area (Å²) in [4.78, 5) is 11.9. The molecule has 0 amide bonds. The Hall–Kier alpha value is -1.64. The number of ketones is 1. The fraction of sp³-hybridized carbons (Fsp3) is 0.385. The van der Waals surface area contributed by atoms with Gasteiger partial charge in [0, 0.05) is 11.6 Å². The molecule has 0 saturated heterocycles. The molecule has 84 valence electrons. The topological polar surface area (TPSA) is 50.1 Å². The molecular formula is C13H15NO2. The molecule has 0 spiro atoms. The summed E-state index contributed by atoms with van der Waals surface area (Å²) < 4.78 is 5.13. The van der Waals surface area contributed by atoms with Gasteiger partial charge in [0.05, 0.1) is 13.0 Å². The quantitative estimate of drug-likeness (QED) is 0.827. The monoisotopic (exact) mass is 217 g/mol. The van der Waals surface area contributed by atoms with Gasteiger partial charge in [0.25, 0.3) is 0 Å². The molecule has 1 N–H and O–H groups in total. The third-order valence-corrected chi connectivity index (χ3v) is 3.07. The van der Waals surface area contributed by atoms with Crippen LogP contribution in [0.2, 0.25) is 0 Å². The van der Waals surface area contributed by atoms with E-state index in [1.807, 2.05) is 31.2 Å². The van der Waals surface area contributed by atoms with Crippen molar-refractivity contribution in [2.75, 3.05) is 7.11 Å². The number of carbonyl (C=O) groups is 1. The molecule has 2 rings (SSSR count). The molecule has 1 fully saturated rings. The van der Waals surface area contributed by atoms with Crippen LogP contribution in [0.15, 0.2) is 24.3 Å². The second-order valence-electron chi connectivity index (χ2n) is 4.24. The SMILES string of the molecule is COc1cccc(C2C(=N)CC(C)C2=O)c1. The van der Waals surface area contributed by atoms with Gasteiger partial charge in [-0.1, -0.05) is 19.1 Å². The van der Waals surface area contributed by atoms with Gasteiger partial charge >= 0.3 is 0 Å². The summed E-state index contributed by atoms with van der Waals surface area (Å²) in [6, 6.07) is 7.43. The molecule has 3 nitrogen and oxygen atoms in total. The maximum absolute atomic E-state index is 11.9. The summed E-state index contributed by atoms with van der Waals surface area (Å²) in [7, 11) is 1.60. The van der Waals surface area contributed by atoms with Crippen LogP contribution in [0.4, 0.5) is 0 Å². The molecule has 0 aromatic heterocycles. The van der Waals surface area contributed by atoms with Crippen molar-refractivity contribution in [2.24, 2.45) is 5.92 Å². The van der Waals surface area contributed by atoms with E-state index in [1.54, 1.807) is 7.11 Å². The van der Waals surface area contributed by atoms with Crippen molar-refractivity contribution < 1.29 is 9.53 Å². The van der Waals surface area contributed by atoms with Gasteiger partial charge in [-0.3, -0.25) is 4.79 Å². The van der Waals surface area contributed by atoms with Crippen LogP contribution in [0.25, 0.3) is 0 Å². The molecular weight excluding hydrogens is 202 g/mol. The molecule has 0 heterocycles. The van der Waals surface area contributed by atoms with Crippen LogP contribution in [-0.2, 0) is 4.79 Å². The second kappa shape index (κ2) is 4.08. The summed E-state index contributed by atoms with van der Waals surface area (Å²) >= 11 is 0. The van der Waals surface area contributed by atoms with Gasteiger partial charge in [0.2, 0.25) is 0 Å². The van der Waals surface area contributed by atoms with E-state index >= 15 is 0 Å². The van der Waals surface area contributed by atoms with Crippen LogP contribution in [-0.4, -0.2) is 18.6 Å². The van der Waals surface area contributed by atoms with Crippen molar-refractivity contribution in [3.05, 3.63) is 29.8 Å². The van der Waals surface area contributed by atoms with E-state index in [1.165, 1.54) is 0 Å². The van der Waals surface area contributed by atoms with Gasteiger partial charge in [-0.2, -0.15) is 0 Å².